The molecule has 0 atom stereocenters. The molecule has 1 aliphatic heterocycles. The van der Waals surface area contributed by atoms with Crippen LogP contribution in [0.15, 0.2) is 42.7 Å². The molecule has 1 fully saturated rings. The van der Waals surface area contributed by atoms with E-state index in [1.807, 2.05) is 30.3 Å². The maximum Gasteiger partial charge on any atom is 0.238 e. The van der Waals surface area contributed by atoms with Crippen LogP contribution in [0.4, 0.5) is 11.5 Å². The number of para-hydroxylation sites is 1. The third kappa shape index (κ3) is 4.43. The van der Waals surface area contributed by atoms with E-state index in [1.54, 1.807) is 17.7 Å². The summed E-state index contributed by atoms with van der Waals surface area (Å²) in [5.41, 5.74) is 0.845. The molecule has 1 saturated heterocycles. The predicted molar refractivity (Wildman–Crippen MR) is 110 cm³/mol. The number of hydrogen-bond acceptors (Lipinski definition) is 6. The molecule has 1 aromatic carbocycles. The molecule has 4 rings (SSSR count). The van der Waals surface area contributed by atoms with Gasteiger partial charge in [-0.3, -0.25) is 9.69 Å². The third-order valence-electron chi connectivity index (χ3n) is 4.81. The van der Waals surface area contributed by atoms with Crippen molar-refractivity contribution in [3.8, 4) is 0 Å². The number of amides is 1. The standard InChI is InChI=1S/C20H23N5OS/c1-14-11-17-19(21-13-22-20(17)27-14)24-16-7-9-25(10-8-16)12-18(26)23-15-5-3-2-4-6-15/h2-6,11,13,16H,7-10,12H2,1H3,(H,23,26)(H,21,22,24). The second kappa shape index (κ2) is 8.02. The molecule has 3 aromatic rings. The molecule has 0 saturated carbocycles. The van der Waals surface area contributed by atoms with E-state index in [2.05, 4.69) is 38.5 Å². The van der Waals surface area contributed by atoms with Crippen molar-refractivity contribution in [2.45, 2.75) is 25.8 Å². The lowest BCUT2D eigenvalue weighted by Crippen LogP contribution is -2.42. The van der Waals surface area contributed by atoms with Crippen LogP contribution >= 0.6 is 11.3 Å². The SMILES string of the molecule is Cc1cc2c(NC3CCN(CC(=O)Nc4ccccc4)CC3)ncnc2s1. The number of nitrogens with one attached hydrogen (secondary N) is 2. The molecular weight excluding hydrogens is 358 g/mol. The summed E-state index contributed by atoms with van der Waals surface area (Å²) in [6.07, 6.45) is 3.62. The second-order valence-corrected chi connectivity index (χ2v) is 8.14. The molecule has 3 heterocycles. The van der Waals surface area contributed by atoms with E-state index in [1.165, 1.54) is 4.88 Å². The molecule has 6 nitrogen and oxygen atoms in total. The van der Waals surface area contributed by atoms with E-state index in [4.69, 9.17) is 0 Å². The van der Waals surface area contributed by atoms with Gasteiger partial charge in [-0.25, -0.2) is 9.97 Å². The van der Waals surface area contributed by atoms with Crippen molar-refractivity contribution >= 4 is 39.0 Å². The van der Waals surface area contributed by atoms with E-state index < -0.39 is 0 Å². The molecule has 0 unspecified atom stereocenters. The van der Waals surface area contributed by atoms with E-state index in [0.29, 0.717) is 12.6 Å². The van der Waals surface area contributed by atoms with Crippen LogP contribution in [0.3, 0.4) is 0 Å². The summed E-state index contributed by atoms with van der Waals surface area (Å²) in [6, 6.07) is 12.1. The Kier molecular flexibility index (Phi) is 5.31. The van der Waals surface area contributed by atoms with E-state index >= 15 is 0 Å². The number of thiophene rings is 1. The first-order valence-electron chi connectivity index (χ1n) is 9.22. The molecule has 1 aliphatic rings. The monoisotopic (exact) mass is 381 g/mol. The summed E-state index contributed by atoms with van der Waals surface area (Å²) in [7, 11) is 0. The Bertz CT molecular complexity index is 919. The zero-order chi connectivity index (χ0) is 18.6. The highest BCUT2D eigenvalue weighted by atomic mass is 32.1. The number of nitrogens with zero attached hydrogens (tertiary/aromatic N) is 3. The molecule has 0 radical (unpaired) electrons. The van der Waals surface area contributed by atoms with Crippen LogP contribution in [0.25, 0.3) is 10.2 Å². The zero-order valence-corrected chi connectivity index (χ0v) is 16.1. The van der Waals surface area contributed by atoms with Crippen molar-refractivity contribution in [3.05, 3.63) is 47.6 Å². The molecule has 0 aliphatic carbocycles. The van der Waals surface area contributed by atoms with Gasteiger partial charge in [0, 0.05) is 29.7 Å². The van der Waals surface area contributed by atoms with Gasteiger partial charge in [0.1, 0.15) is 17.0 Å². The first kappa shape index (κ1) is 17.9. The van der Waals surface area contributed by atoms with Crippen LogP contribution in [-0.4, -0.2) is 46.5 Å². The maximum absolute atomic E-state index is 12.2. The number of benzene rings is 1. The highest BCUT2D eigenvalue weighted by molar-refractivity contribution is 7.18. The average molecular weight is 382 g/mol. The minimum atomic E-state index is 0.0406. The minimum Gasteiger partial charge on any atom is -0.367 e. The highest BCUT2D eigenvalue weighted by Crippen LogP contribution is 2.28. The number of hydrogen-bond donors (Lipinski definition) is 2. The van der Waals surface area contributed by atoms with Crippen molar-refractivity contribution in [1.29, 1.82) is 0 Å². The predicted octanol–water partition coefficient (Wildman–Crippen LogP) is 3.51. The van der Waals surface area contributed by atoms with Gasteiger partial charge < -0.3 is 10.6 Å². The summed E-state index contributed by atoms with van der Waals surface area (Å²) in [4.78, 5) is 25.5. The number of anilines is 2. The Morgan fingerprint density at radius 3 is 2.78 bits per heavy atom. The Labute approximate surface area is 162 Å². The minimum absolute atomic E-state index is 0.0406. The first-order valence-corrected chi connectivity index (χ1v) is 10.0. The van der Waals surface area contributed by atoms with Gasteiger partial charge in [0.2, 0.25) is 5.91 Å². The topological polar surface area (TPSA) is 70.2 Å². The van der Waals surface area contributed by atoms with Gasteiger partial charge in [0.05, 0.1) is 11.9 Å². The molecule has 2 aromatic heterocycles. The second-order valence-electron chi connectivity index (χ2n) is 6.91. The van der Waals surface area contributed by atoms with Gasteiger partial charge in [-0.1, -0.05) is 18.2 Å². The molecule has 27 heavy (non-hydrogen) atoms. The normalized spacial score (nSPS) is 15.7. The number of piperidine rings is 1. The lowest BCUT2D eigenvalue weighted by molar-refractivity contribution is -0.117. The number of rotatable bonds is 5. The summed E-state index contributed by atoms with van der Waals surface area (Å²) >= 11 is 1.69. The van der Waals surface area contributed by atoms with Crippen molar-refractivity contribution in [2.75, 3.05) is 30.3 Å². The van der Waals surface area contributed by atoms with Crippen LogP contribution in [-0.2, 0) is 4.79 Å². The van der Waals surface area contributed by atoms with Gasteiger partial charge in [0.15, 0.2) is 0 Å². The molecule has 7 heteroatoms. The molecule has 140 valence electrons. The molecule has 0 bridgehead atoms. The smallest absolute Gasteiger partial charge is 0.238 e. The van der Waals surface area contributed by atoms with Gasteiger partial charge in [-0.2, -0.15) is 0 Å². The van der Waals surface area contributed by atoms with E-state index in [0.717, 1.165) is 47.7 Å². The van der Waals surface area contributed by atoms with E-state index in [9.17, 15) is 4.79 Å². The zero-order valence-electron chi connectivity index (χ0n) is 15.3. The third-order valence-corrected chi connectivity index (χ3v) is 5.76. The number of carbonyl (C=O) groups is 1. The van der Waals surface area contributed by atoms with Crippen LogP contribution in [0.1, 0.15) is 17.7 Å². The fourth-order valence-corrected chi connectivity index (χ4v) is 4.29. The summed E-state index contributed by atoms with van der Waals surface area (Å²) < 4.78 is 0. The van der Waals surface area contributed by atoms with Crippen LogP contribution in [0, 0.1) is 6.92 Å². The van der Waals surface area contributed by atoms with Crippen LogP contribution in [0.2, 0.25) is 0 Å². The Balaban J connectivity index is 1.29. The Morgan fingerprint density at radius 2 is 2.00 bits per heavy atom. The Morgan fingerprint density at radius 1 is 1.22 bits per heavy atom. The number of aryl methyl sites for hydroxylation is 1. The molecule has 1 amide bonds. The number of aromatic nitrogens is 2. The fourth-order valence-electron chi connectivity index (χ4n) is 3.44. The van der Waals surface area contributed by atoms with Crippen molar-refractivity contribution < 1.29 is 4.79 Å². The summed E-state index contributed by atoms with van der Waals surface area (Å²) in [5.74, 6) is 0.962. The Hall–Kier alpha value is -2.51. The van der Waals surface area contributed by atoms with Crippen molar-refractivity contribution in [1.82, 2.24) is 14.9 Å². The summed E-state index contributed by atoms with van der Waals surface area (Å²) in [6.45, 7) is 4.33. The fraction of sp³-hybridized carbons (Fsp3) is 0.350. The van der Waals surface area contributed by atoms with Gasteiger partial charge >= 0.3 is 0 Å². The van der Waals surface area contributed by atoms with E-state index in [-0.39, 0.29) is 5.91 Å². The number of likely N-dealkylation sites (tertiary alicyclic amines) is 1. The number of carbonyl (C=O) groups excluding carboxylic acids is 1. The maximum atomic E-state index is 12.2. The van der Waals surface area contributed by atoms with Crippen molar-refractivity contribution in [3.63, 3.8) is 0 Å². The summed E-state index contributed by atoms with van der Waals surface area (Å²) in [5, 5.41) is 7.63. The largest absolute Gasteiger partial charge is 0.367 e. The highest BCUT2D eigenvalue weighted by Gasteiger charge is 2.22. The van der Waals surface area contributed by atoms with Crippen LogP contribution < -0.4 is 10.6 Å². The molecule has 2 N–H and O–H groups in total. The van der Waals surface area contributed by atoms with Crippen molar-refractivity contribution in [2.24, 2.45) is 0 Å². The molecule has 0 spiro atoms. The van der Waals surface area contributed by atoms with Gasteiger partial charge in [-0.15, -0.1) is 11.3 Å². The number of fused-ring (bicyclic) bond motifs is 1. The average Bonchev–Trinajstić information content (AvgIpc) is 3.05. The van der Waals surface area contributed by atoms with Gasteiger partial charge in [0.25, 0.3) is 0 Å². The van der Waals surface area contributed by atoms with Gasteiger partial charge in [-0.05, 0) is 38.0 Å². The quantitative estimate of drug-likeness (QED) is 0.708. The first-order chi connectivity index (χ1) is 13.2. The lowest BCUT2D eigenvalue weighted by Gasteiger charge is -2.32. The molecular formula is C20H23N5OS. The van der Waals surface area contributed by atoms with Crippen LogP contribution in [0.5, 0.6) is 0 Å². The lowest BCUT2D eigenvalue weighted by atomic mass is 10.0.